The molecule has 0 saturated heterocycles. The van der Waals surface area contributed by atoms with Gasteiger partial charge in [-0.15, -0.1) is 69.1 Å². The molecule has 0 atom stereocenters. The van der Waals surface area contributed by atoms with E-state index in [1.807, 2.05) is 0 Å². The van der Waals surface area contributed by atoms with E-state index in [9.17, 15) is 0 Å². The molecule has 0 saturated carbocycles. The van der Waals surface area contributed by atoms with Gasteiger partial charge in [-0.1, -0.05) is 213 Å². The number of hydrogen-bond donors (Lipinski definition) is 0. The van der Waals surface area contributed by atoms with Crippen molar-refractivity contribution in [1.82, 2.24) is 0 Å². The third-order valence-electron chi connectivity index (χ3n) is 12.0. The summed E-state index contributed by atoms with van der Waals surface area (Å²) >= 11 is -0.826. The molecule has 0 bridgehead atoms. The molecule has 6 rings (SSSR count). The third kappa shape index (κ3) is 15.9. The van der Waals surface area contributed by atoms with Crippen LogP contribution in [0.3, 0.4) is 0 Å². The number of fused-ring (bicyclic) bond motifs is 2. The van der Waals surface area contributed by atoms with Crippen LogP contribution in [0.15, 0.2) is 84.9 Å². The van der Waals surface area contributed by atoms with E-state index < -0.39 is 53.1 Å². The molecule has 8 heteroatoms. The molecule has 0 fully saturated rings. The van der Waals surface area contributed by atoms with E-state index in [2.05, 4.69) is 218 Å². The minimum atomic E-state index is -1.40. The summed E-state index contributed by atoms with van der Waals surface area (Å²) in [6.45, 7) is 47.9. The van der Waals surface area contributed by atoms with Crippen molar-refractivity contribution in [3.63, 3.8) is 0 Å². The Labute approximate surface area is 418 Å². The summed E-state index contributed by atoms with van der Waals surface area (Å²) in [5.74, 6) is 1.38. The Hall–Kier alpha value is -1.35. The molecule has 0 unspecified atom stereocenters. The molecule has 6 aromatic rings. The van der Waals surface area contributed by atoms with Gasteiger partial charge in [-0.2, -0.15) is 12.1 Å². The molecule has 6 aromatic carbocycles. The predicted octanol–water partition coefficient (Wildman–Crippen LogP) is 16.3. The Kier molecular flexibility index (Phi) is 21.6. The number of halogens is 2. The van der Waals surface area contributed by atoms with Gasteiger partial charge < -0.3 is 0 Å². The molecule has 0 aliphatic heterocycles. The van der Waals surface area contributed by atoms with Crippen molar-refractivity contribution in [2.45, 2.75) is 159 Å². The second-order valence-corrected chi connectivity index (χ2v) is 48.0. The molecular formula is C56H84Cl2Si5Zr. The van der Waals surface area contributed by atoms with Crippen LogP contribution < -0.4 is 20.7 Å². The van der Waals surface area contributed by atoms with Gasteiger partial charge >= 0.3 is 37.9 Å². The molecule has 0 spiro atoms. The van der Waals surface area contributed by atoms with Gasteiger partial charge in [-0.3, -0.25) is 0 Å². The van der Waals surface area contributed by atoms with E-state index in [-0.39, 0.29) is 0 Å². The van der Waals surface area contributed by atoms with Crippen molar-refractivity contribution in [2.24, 2.45) is 11.8 Å². The first-order valence-electron chi connectivity index (χ1n) is 23.9. The van der Waals surface area contributed by atoms with Crippen LogP contribution >= 0.6 is 17.0 Å². The maximum atomic E-state index is 4.93. The van der Waals surface area contributed by atoms with Crippen LogP contribution in [0.25, 0.3) is 43.8 Å². The second kappa shape index (κ2) is 24.3. The summed E-state index contributed by atoms with van der Waals surface area (Å²) in [4.78, 5) is 0. The van der Waals surface area contributed by atoms with E-state index in [0.717, 1.165) is 35.2 Å². The number of rotatable bonds is 12. The summed E-state index contributed by atoms with van der Waals surface area (Å²) < 4.78 is 0. The quantitative estimate of drug-likeness (QED) is 0.0846. The summed E-state index contributed by atoms with van der Waals surface area (Å²) in [7, 11) is 5.36. The van der Waals surface area contributed by atoms with Crippen molar-refractivity contribution in [1.29, 1.82) is 0 Å². The van der Waals surface area contributed by atoms with Crippen molar-refractivity contribution < 1.29 is 20.8 Å². The van der Waals surface area contributed by atoms with Gasteiger partial charge in [0.2, 0.25) is 0 Å². The number of hydrogen-bond acceptors (Lipinski definition) is 0. The monoisotopic (exact) mass is 1060 g/mol. The van der Waals surface area contributed by atoms with Gasteiger partial charge in [0.1, 0.15) is 0 Å². The summed E-state index contributed by atoms with van der Waals surface area (Å²) in [5.41, 5.74) is 11.8. The molecule has 0 nitrogen and oxygen atoms in total. The normalized spacial score (nSPS) is 12.1. The predicted molar refractivity (Wildman–Crippen MR) is 307 cm³/mol. The molecule has 0 aliphatic rings. The zero-order chi connectivity index (χ0) is 48.5. The molecule has 0 aromatic heterocycles. The topological polar surface area (TPSA) is 0 Å². The standard InChI is InChI=1S/2C27H39Si2.C2H6Si.2ClH.Zr/c2*1-10-21-11-12-22-14-20(13-19(2)3)15-26(22)27(21)23-16-24(28(4,5)6)18-25(17-23)29(7,8)9;1-3-2;;;/h2*11-12,14-19H,10,13H2,1-9H3;1-2H3;2*1H;/q2*-1;;;;+4/p-2. The fourth-order valence-electron chi connectivity index (χ4n) is 8.50. The van der Waals surface area contributed by atoms with E-state index in [0.29, 0.717) is 11.8 Å². The van der Waals surface area contributed by atoms with Gasteiger partial charge in [0.05, 0.1) is 32.3 Å². The molecule has 0 amide bonds. The van der Waals surface area contributed by atoms with Crippen LogP contribution in [-0.4, -0.2) is 41.8 Å². The molecular weight excluding hydrogens is 975 g/mol. The third-order valence-corrected chi connectivity index (χ3v) is 20.1. The van der Waals surface area contributed by atoms with Crippen molar-refractivity contribution >= 4 is 101 Å². The molecule has 64 heavy (non-hydrogen) atoms. The van der Waals surface area contributed by atoms with Gasteiger partial charge in [-0.05, 0) is 48.6 Å². The molecule has 2 radical (unpaired) electrons. The van der Waals surface area contributed by atoms with E-state index in [4.69, 9.17) is 17.0 Å². The Bertz CT molecular complexity index is 2180. The van der Waals surface area contributed by atoms with Crippen LogP contribution in [0.5, 0.6) is 0 Å². The summed E-state index contributed by atoms with van der Waals surface area (Å²) in [6, 6.07) is 34.4. The second-order valence-electron chi connectivity index (χ2n) is 23.0. The van der Waals surface area contributed by atoms with E-state index in [1.165, 1.54) is 66.1 Å². The average Bonchev–Trinajstić information content (AvgIpc) is 3.78. The van der Waals surface area contributed by atoms with Crippen LogP contribution in [0.2, 0.25) is 91.7 Å². The Morgan fingerprint density at radius 2 is 0.750 bits per heavy atom. The van der Waals surface area contributed by atoms with E-state index in [1.54, 1.807) is 20.7 Å². The van der Waals surface area contributed by atoms with Crippen LogP contribution in [-0.2, 0) is 46.5 Å². The molecule has 346 valence electrons. The first kappa shape index (κ1) is 57.0. The fraction of sp³-hybridized carbons (Fsp3) is 0.464. The first-order chi connectivity index (χ1) is 29.6. The zero-order valence-corrected chi connectivity index (χ0v) is 52.8. The molecule has 0 aliphatic carbocycles. The van der Waals surface area contributed by atoms with Gasteiger partial charge in [-0.25, -0.2) is 0 Å². The van der Waals surface area contributed by atoms with Gasteiger partial charge in [0.25, 0.3) is 0 Å². The molecule has 0 N–H and O–H groups in total. The van der Waals surface area contributed by atoms with Crippen LogP contribution in [0.1, 0.15) is 63.8 Å². The maximum absolute atomic E-state index is 4.93. The Morgan fingerprint density at radius 1 is 0.484 bits per heavy atom. The molecule has 0 heterocycles. The number of aryl methyl sites for hydroxylation is 2. The fourth-order valence-corrected chi connectivity index (χ4v) is 13.5. The van der Waals surface area contributed by atoms with E-state index >= 15 is 0 Å². The average molecular weight is 1060 g/mol. The zero-order valence-electron chi connectivity index (χ0n) is 43.8. The van der Waals surface area contributed by atoms with Crippen LogP contribution in [0, 0.1) is 11.8 Å². The van der Waals surface area contributed by atoms with Gasteiger partial charge in [0.15, 0.2) is 0 Å². The Morgan fingerprint density at radius 3 is 0.969 bits per heavy atom. The van der Waals surface area contributed by atoms with Crippen molar-refractivity contribution in [3.8, 4) is 22.3 Å². The van der Waals surface area contributed by atoms with Crippen LogP contribution in [0.4, 0.5) is 0 Å². The summed E-state index contributed by atoms with van der Waals surface area (Å²) in [5, 5.41) is 12.1. The minimum absolute atomic E-state index is 0.689. The van der Waals surface area contributed by atoms with Gasteiger partial charge in [0, 0.05) is 9.52 Å². The first-order valence-corrected chi connectivity index (χ1v) is 46.3. The number of benzene rings is 4. The van der Waals surface area contributed by atoms with Crippen molar-refractivity contribution in [2.75, 3.05) is 0 Å². The van der Waals surface area contributed by atoms with Crippen molar-refractivity contribution in [3.05, 3.63) is 107 Å². The Balaban J connectivity index is 0.000000303. The summed E-state index contributed by atoms with van der Waals surface area (Å²) in [6.07, 6.45) is 4.47. The SMILES string of the molecule is CCc1ccc2[cH-]c(CC(C)C)cc2c1-c1cc([Si](C)(C)C)cc([Si](C)(C)C)c1.CCc1ccc2[cH-]c(CC(C)C)cc2c1-c1cc([Si](C)(C)C)cc([Si](C)(C)C)c1.C[Si]C.[Cl][Zr+2][Cl].